The van der Waals surface area contributed by atoms with Gasteiger partial charge in [-0.2, -0.15) is 0 Å². The molecule has 1 aliphatic carbocycles. The summed E-state index contributed by atoms with van der Waals surface area (Å²) in [4.78, 5) is 18.7. The number of rotatable bonds is 3. The first-order chi connectivity index (χ1) is 12.0. The lowest BCUT2D eigenvalue weighted by atomic mass is 10.1. The van der Waals surface area contributed by atoms with Crippen LogP contribution in [0.25, 0.3) is 17.5 Å². The Labute approximate surface area is 153 Å². The van der Waals surface area contributed by atoms with Gasteiger partial charge < -0.3 is 14.2 Å². The number of carbonyl (C=O) groups excluding carboxylic acids is 1. The molecule has 0 radical (unpaired) electrons. The van der Waals surface area contributed by atoms with E-state index in [2.05, 4.69) is 15.9 Å². The Bertz CT molecular complexity index is 888. The van der Waals surface area contributed by atoms with Crippen molar-refractivity contribution in [2.24, 2.45) is 5.92 Å². The summed E-state index contributed by atoms with van der Waals surface area (Å²) < 4.78 is 21.7. The average Bonchev–Trinajstić information content (AvgIpc) is 3.32. The zero-order valence-corrected chi connectivity index (χ0v) is 15.5. The lowest BCUT2D eigenvalue weighted by Crippen LogP contribution is -2.35. The molecule has 25 heavy (non-hydrogen) atoms. The molecule has 1 aromatic carbocycles. The van der Waals surface area contributed by atoms with Crippen LogP contribution in [0.4, 0.5) is 4.39 Å². The van der Waals surface area contributed by atoms with E-state index in [0.717, 1.165) is 18.7 Å². The molecule has 1 saturated carbocycles. The highest BCUT2D eigenvalue weighted by atomic mass is 79.9. The number of hydrogen-bond acceptors (Lipinski definition) is 4. The van der Waals surface area contributed by atoms with Crippen molar-refractivity contribution in [3.8, 4) is 11.3 Å². The smallest absolute Gasteiger partial charge is 0.355 e. The molecule has 0 amide bonds. The molecule has 2 aliphatic rings. The molecule has 1 fully saturated rings. The molecule has 0 bridgehead atoms. The van der Waals surface area contributed by atoms with Crippen molar-refractivity contribution in [3.63, 3.8) is 0 Å². The molecule has 0 spiro atoms. The third kappa shape index (κ3) is 2.76. The SMILES string of the molecule is COC(=O)C1=Cn2cc(-c3ccc(Br)cc3F)nc2C(C2CC2)N1C. The van der Waals surface area contributed by atoms with Crippen molar-refractivity contribution in [3.05, 3.63) is 46.2 Å². The molecule has 1 aliphatic heterocycles. The van der Waals surface area contributed by atoms with Crippen molar-refractivity contribution in [1.82, 2.24) is 14.5 Å². The number of likely N-dealkylation sites (N-methyl/N-ethyl adjacent to an activating group) is 1. The predicted molar refractivity (Wildman–Crippen MR) is 94.8 cm³/mol. The number of hydrogen-bond donors (Lipinski definition) is 0. The first kappa shape index (κ1) is 16.3. The fourth-order valence-electron chi connectivity index (χ4n) is 3.34. The van der Waals surface area contributed by atoms with E-state index in [-0.39, 0.29) is 17.8 Å². The second-order valence-electron chi connectivity index (χ2n) is 6.41. The lowest BCUT2D eigenvalue weighted by molar-refractivity contribution is -0.138. The Morgan fingerprint density at radius 1 is 1.40 bits per heavy atom. The number of ether oxygens (including phenoxy) is 1. The molecule has 2 heterocycles. The molecule has 5 nitrogen and oxygen atoms in total. The van der Waals surface area contributed by atoms with E-state index in [4.69, 9.17) is 9.72 Å². The van der Waals surface area contributed by atoms with E-state index in [0.29, 0.717) is 27.3 Å². The van der Waals surface area contributed by atoms with Crippen molar-refractivity contribution >= 4 is 28.1 Å². The molecule has 0 N–H and O–H groups in total. The molecule has 2 aromatic rings. The van der Waals surface area contributed by atoms with Crippen molar-refractivity contribution in [2.75, 3.05) is 14.2 Å². The standard InChI is InChI=1S/C18H17BrFN3O2/c1-22-15(18(24)25-2)9-23-8-14(12-6-5-11(19)7-13(12)20)21-17(23)16(22)10-3-4-10/h5-10,16H,3-4H2,1-2H3. The maximum Gasteiger partial charge on any atom is 0.355 e. The van der Waals surface area contributed by atoms with Crippen LogP contribution >= 0.6 is 15.9 Å². The second kappa shape index (κ2) is 5.98. The van der Waals surface area contributed by atoms with Crippen LogP contribution in [0.3, 0.4) is 0 Å². The lowest BCUT2D eigenvalue weighted by Gasteiger charge is -2.33. The summed E-state index contributed by atoms with van der Waals surface area (Å²) in [6, 6.07) is 4.91. The monoisotopic (exact) mass is 405 g/mol. The summed E-state index contributed by atoms with van der Waals surface area (Å²) in [5.74, 6) is 0.555. The van der Waals surface area contributed by atoms with Crippen LogP contribution in [0.1, 0.15) is 24.7 Å². The summed E-state index contributed by atoms with van der Waals surface area (Å²) in [6.07, 6.45) is 5.66. The van der Waals surface area contributed by atoms with E-state index >= 15 is 0 Å². The fourth-order valence-corrected chi connectivity index (χ4v) is 3.68. The van der Waals surface area contributed by atoms with Gasteiger partial charge in [0, 0.05) is 29.5 Å². The molecule has 7 heteroatoms. The zero-order valence-electron chi connectivity index (χ0n) is 13.9. The number of imidazole rings is 1. The minimum absolute atomic E-state index is 0.00800. The highest BCUT2D eigenvalue weighted by molar-refractivity contribution is 9.10. The minimum atomic E-state index is -0.385. The van der Waals surface area contributed by atoms with E-state index in [1.165, 1.54) is 13.2 Å². The third-order valence-corrected chi connectivity index (χ3v) is 5.25. The number of halogens is 2. The minimum Gasteiger partial charge on any atom is -0.464 e. The van der Waals surface area contributed by atoms with Gasteiger partial charge in [0.05, 0.1) is 18.8 Å². The average molecular weight is 406 g/mol. The van der Waals surface area contributed by atoms with Gasteiger partial charge >= 0.3 is 5.97 Å². The second-order valence-corrected chi connectivity index (χ2v) is 7.33. The van der Waals surface area contributed by atoms with Crippen molar-refractivity contribution in [1.29, 1.82) is 0 Å². The molecule has 130 valence electrons. The van der Waals surface area contributed by atoms with Gasteiger partial charge in [-0.1, -0.05) is 15.9 Å². The summed E-state index contributed by atoms with van der Waals surface area (Å²) in [5, 5.41) is 0. The molecular weight excluding hydrogens is 389 g/mol. The largest absolute Gasteiger partial charge is 0.464 e. The number of aromatic nitrogens is 2. The topological polar surface area (TPSA) is 47.4 Å². The molecular formula is C18H17BrFN3O2. The van der Waals surface area contributed by atoms with E-state index in [1.54, 1.807) is 24.5 Å². The van der Waals surface area contributed by atoms with Gasteiger partial charge in [0.1, 0.15) is 17.3 Å². The summed E-state index contributed by atoms with van der Waals surface area (Å²) in [6.45, 7) is 0. The normalized spacial score (nSPS) is 19.4. The fraction of sp³-hybridized carbons (Fsp3) is 0.333. The maximum absolute atomic E-state index is 14.3. The van der Waals surface area contributed by atoms with Gasteiger partial charge in [-0.05, 0) is 37.0 Å². The van der Waals surface area contributed by atoms with E-state index in [9.17, 15) is 9.18 Å². The van der Waals surface area contributed by atoms with Gasteiger partial charge in [-0.15, -0.1) is 0 Å². The maximum atomic E-state index is 14.3. The molecule has 1 unspecified atom stereocenters. The van der Waals surface area contributed by atoms with Crippen LogP contribution in [0.5, 0.6) is 0 Å². The predicted octanol–water partition coefficient (Wildman–Crippen LogP) is 3.82. The quantitative estimate of drug-likeness (QED) is 0.728. The number of nitrogens with zero attached hydrogens (tertiary/aromatic N) is 3. The number of esters is 1. The Balaban J connectivity index is 1.83. The van der Waals surface area contributed by atoms with Crippen LogP contribution in [0.15, 0.2) is 34.6 Å². The molecule has 1 aromatic heterocycles. The third-order valence-electron chi connectivity index (χ3n) is 4.75. The Morgan fingerprint density at radius 3 is 2.80 bits per heavy atom. The first-order valence-corrected chi connectivity index (χ1v) is 8.86. The molecule has 4 rings (SSSR count). The Morgan fingerprint density at radius 2 is 2.16 bits per heavy atom. The molecule has 1 atom stereocenters. The van der Waals surface area contributed by atoms with Crippen LogP contribution < -0.4 is 0 Å². The van der Waals surface area contributed by atoms with Crippen LogP contribution in [0, 0.1) is 11.7 Å². The Kier molecular flexibility index (Phi) is 3.91. The number of benzene rings is 1. The summed E-state index contributed by atoms with van der Waals surface area (Å²) in [7, 11) is 3.25. The number of carbonyl (C=O) groups is 1. The van der Waals surface area contributed by atoms with Gasteiger partial charge in [0.2, 0.25) is 0 Å². The van der Waals surface area contributed by atoms with Gasteiger partial charge in [0.25, 0.3) is 0 Å². The van der Waals surface area contributed by atoms with Crippen LogP contribution in [-0.2, 0) is 9.53 Å². The highest BCUT2D eigenvalue weighted by Gasteiger charge is 2.42. The Hall–Kier alpha value is -2.15. The molecule has 0 saturated heterocycles. The van der Waals surface area contributed by atoms with Crippen molar-refractivity contribution in [2.45, 2.75) is 18.9 Å². The van der Waals surface area contributed by atoms with Crippen LogP contribution in [0.2, 0.25) is 0 Å². The van der Waals surface area contributed by atoms with Gasteiger partial charge in [-0.25, -0.2) is 14.2 Å². The van der Waals surface area contributed by atoms with Crippen LogP contribution in [-0.4, -0.2) is 34.6 Å². The summed E-state index contributed by atoms with van der Waals surface area (Å²) in [5.41, 5.74) is 1.48. The number of methoxy groups -OCH3 is 1. The van der Waals surface area contributed by atoms with Gasteiger partial charge in [0.15, 0.2) is 0 Å². The first-order valence-electron chi connectivity index (χ1n) is 8.06. The van der Waals surface area contributed by atoms with Gasteiger partial charge in [-0.3, -0.25) is 0 Å². The zero-order chi connectivity index (χ0) is 17.7. The summed E-state index contributed by atoms with van der Waals surface area (Å²) >= 11 is 3.27. The number of fused-ring (bicyclic) bond motifs is 1. The van der Waals surface area contributed by atoms with Crippen molar-refractivity contribution < 1.29 is 13.9 Å². The highest BCUT2D eigenvalue weighted by Crippen LogP contribution is 2.47. The van der Waals surface area contributed by atoms with E-state index in [1.807, 2.05) is 16.5 Å². The van der Waals surface area contributed by atoms with E-state index < -0.39 is 0 Å².